The summed E-state index contributed by atoms with van der Waals surface area (Å²) >= 11 is 0. The Bertz CT molecular complexity index is 843. The molecule has 2 aliphatic rings. The fourth-order valence-corrected chi connectivity index (χ4v) is 4.92. The van der Waals surface area contributed by atoms with Crippen molar-refractivity contribution in [3.63, 3.8) is 0 Å². The first-order chi connectivity index (χ1) is 11.7. The molecule has 0 spiro atoms. The predicted octanol–water partition coefficient (Wildman–Crippen LogP) is 2.84. The highest BCUT2D eigenvalue weighted by molar-refractivity contribution is 5.72. The fourth-order valence-electron chi connectivity index (χ4n) is 4.92. The first-order valence-electron chi connectivity index (χ1n) is 9.47. The lowest BCUT2D eigenvalue weighted by atomic mass is 9.97. The molecule has 1 aliphatic heterocycles. The molecule has 1 aliphatic carbocycles. The van der Waals surface area contributed by atoms with Gasteiger partial charge in [-0.3, -0.25) is 9.13 Å². The van der Waals surface area contributed by atoms with Gasteiger partial charge in [0.1, 0.15) is 0 Å². The van der Waals surface area contributed by atoms with Crippen LogP contribution in [0.2, 0.25) is 0 Å². The number of rotatable bonds is 2. The van der Waals surface area contributed by atoms with Crippen LogP contribution in [0.4, 0.5) is 0 Å². The molecule has 1 saturated carbocycles. The second-order valence-electron chi connectivity index (χ2n) is 9.48. The summed E-state index contributed by atoms with van der Waals surface area (Å²) in [7, 11) is 4.07. The molecule has 2 aromatic heterocycles. The van der Waals surface area contributed by atoms with E-state index in [0.29, 0.717) is 12.5 Å². The monoisotopic (exact) mass is 342 g/mol. The van der Waals surface area contributed by atoms with Crippen molar-refractivity contribution < 1.29 is 0 Å². The Hall–Kier alpha value is -1.62. The van der Waals surface area contributed by atoms with E-state index in [1.165, 1.54) is 31.6 Å². The second kappa shape index (κ2) is 5.70. The molecule has 0 bridgehead atoms. The molecule has 5 nitrogen and oxygen atoms in total. The van der Waals surface area contributed by atoms with Gasteiger partial charge in [-0.25, -0.2) is 9.78 Å². The van der Waals surface area contributed by atoms with Crippen molar-refractivity contribution in [3.8, 4) is 0 Å². The van der Waals surface area contributed by atoms with Crippen LogP contribution in [0.3, 0.4) is 0 Å². The molecule has 2 fully saturated rings. The van der Waals surface area contributed by atoms with E-state index in [-0.39, 0.29) is 11.1 Å². The summed E-state index contributed by atoms with van der Waals surface area (Å²) in [4.78, 5) is 20.1. The maximum absolute atomic E-state index is 12.7. The molecule has 0 N–H and O–H groups in total. The highest BCUT2D eigenvalue weighted by Crippen LogP contribution is 2.45. The molecule has 1 saturated heterocycles. The summed E-state index contributed by atoms with van der Waals surface area (Å²) in [5.41, 5.74) is 3.07. The Morgan fingerprint density at radius 3 is 2.36 bits per heavy atom. The quantitative estimate of drug-likeness (QED) is 0.843. The third-order valence-corrected chi connectivity index (χ3v) is 5.99. The maximum atomic E-state index is 12.7. The van der Waals surface area contributed by atoms with Gasteiger partial charge in [0.25, 0.3) is 0 Å². The lowest BCUT2D eigenvalue weighted by molar-refractivity contribution is 0.342. The molecule has 136 valence electrons. The minimum Gasteiger partial charge on any atom is -0.306 e. The first kappa shape index (κ1) is 16.8. The van der Waals surface area contributed by atoms with E-state index in [9.17, 15) is 4.79 Å². The zero-order valence-corrected chi connectivity index (χ0v) is 16.1. The number of nitrogens with zero attached hydrogens (tertiary/aromatic N) is 4. The molecule has 2 aromatic rings. The van der Waals surface area contributed by atoms with Crippen molar-refractivity contribution in [2.45, 2.75) is 46.1 Å². The third-order valence-electron chi connectivity index (χ3n) is 5.99. The second-order valence-corrected chi connectivity index (χ2v) is 9.48. The largest absolute Gasteiger partial charge is 0.330 e. The maximum Gasteiger partial charge on any atom is 0.330 e. The van der Waals surface area contributed by atoms with E-state index in [4.69, 9.17) is 4.98 Å². The minimum absolute atomic E-state index is 0.0412. The number of imidazole rings is 1. The number of aromatic nitrogens is 3. The summed E-state index contributed by atoms with van der Waals surface area (Å²) in [6, 6.07) is 4.28. The molecule has 2 atom stereocenters. The van der Waals surface area contributed by atoms with Crippen molar-refractivity contribution in [3.05, 3.63) is 28.3 Å². The molecule has 0 radical (unpaired) electrons. The van der Waals surface area contributed by atoms with Crippen molar-refractivity contribution in [2.75, 3.05) is 20.1 Å². The van der Waals surface area contributed by atoms with E-state index in [2.05, 4.69) is 44.9 Å². The fraction of sp³-hybridized carbons (Fsp3) is 0.700. The van der Waals surface area contributed by atoms with E-state index < -0.39 is 0 Å². The Kier molecular flexibility index (Phi) is 3.83. The van der Waals surface area contributed by atoms with Gasteiger partial charge in [0.05, 0.1) is 5.52 Å². The van der Waals surface area contributed by atoms with E-state index in [0.717, 1.165) is 23.0 Å². The van der Waals surface area contributed by atoms with Gasteiger partial charge < -0.3 is 4.90 Å². The van der Waals surface area contributed by atoms with Gasteiger partial charge in [-0.2, -0.15) is 0 Å². The van der Waals surface area contributed by atoms with Crippen LogP contribution in [-0.4, -0.2) is 39.2 Å². The zero-order chi connectivity index (χ0) is 17.9. The topological polar surface area (TPSA) is 43.1 Å². The highest BCUT2D eigenvalue weighted by Gasteiger charge is 2.40. The molecule has 0 amide bonds. The normalized spacial score (nSPS) is 27.3. The zero-order valence-electron chi connectivity index (χ0n) is 16.1. The third kappa shape index (κ3) is 2.92. The summed E-state index contributed by atoms with van der Waals surface area (Å²) in [6.45, 7) is 9.65. The van der Waals surface area contributed by atoms with Crippen molar-refractivity contribution >= 4 is 11.2 Å². The predicted molar refractivity (Wildman–Crippen MR) is 101 cm³/mol. The molecule has 4 rings (SSSR count). The van der Waals surface area contributed by atoms with Gasteiger partial charge in [-0.05, 0) is 49.3 Å². The smallest absolute Gasteiger partial charge is 0.306 e. The standard InChI is InChI=1S/C20H30N4O/c1-20(2,3)12-24-17-7-6-16(21-18(17)23(5)19(24)25)13-8-14-10-22(4)11-15(14)9-13/h6-7,13-15H,8-12H2,1-5H3. The average Bonchev–Trinajstić information content (AvgIpc) is 3.12. The Morgan fingerprint density at radius 2 is 1.76 bits per heavy atom. The molecule has 5 heteroatoms. The Morgan fingerprint density at radius 1 is 1.12 bits per heavy atom. The first-order valence-corrected chi connectivity index (χ1v) is 9.47. The van der Waals surface area contributed by atoms with E-state index >= 15 is 0 Å². The summed E-state index contributed by atoms with van der Waals surface area (Å²) in [5.74, 6) is 2.19. The number of hydrogen-bond donors (Lipinski definition) is 0. The number of hydrogen-bond acceptors (Lipinski definition) is 3. The van der Waals surface area contributed by atoms with E-state index in [1.807, 2.05) is 11.6 Å². The van der Waals surface area contributed by atoms with E-state index in [1.54, 1.807) is 4.57 Å². The summed E-state index contributed by atoms with van der Waals surface area (Å²) in [6.07, 6.45) is 2.48. The molecular weight excluding hydrogens is 312 g/mol. The Labute approximate surface area is 149 Å². The minimum atomic E-state index is 0.0412. The lowest BCUT2D eigenvalue weighted by Gasteiger charge is -2.18. The molecular formula is C20H30N4O. The van der Waals surface area contributed by atoms with Crippen LogP contribution >= 0.6 is 0 Å². The van der Waals surface area contributed by atoms with Gasteiger partial charge in [0.2, 0.25) is 0 Å². The van der Waals surface area contributed by atoms with Gasteiger partial charge >= 0.3 is 5.69 Å². The number of fused-ring (bicyclic) bond motifs is 2. The van der Waals surface area contributed by atoms with Crippen molar-refractivity contribution in [1.29, 1.82) is 0 Å². The van der Waals surface area contributed by atoms with Crippen LogP contribution < -0.4 is 5.69 Å². The van der Waals surface area contributed by atoms with Gasteiger partial charge in [-0.1, -0.05) is 20.8 Å². The van der Waals surface area contributed by atoms with Gasteiger partial charge in [0, 0.05) is 38.3 Å². The molecule has 25 heavy (non-hydrogen) atoms. The average molecular weight is 342 g/mol. The molecule has 3 heterocycles. The Balaban J connectivity index is 1.68. The summed E-state index contributed by atoms with van der Waals surface area (Å²) < 4.78 is 3.60. The van der Waals surface area contributed by atoms with Crippen LogP contribution in [0, 0.1) is 17.3 Å². The van der Waals surface area contributed by atoms with Crippen LogP contribution in [0.25, 0.3) is 11.2 Å². The van der Waals surface area contributed by atoms with Crippen molar-refractivity contribution in [1.82, 2.24) is 19.0 Å². The van der Waals surface area contributed by atoms with Crippen molar-refractivity contribution in [2.24, 2.45) is 24.3 Å². The highest BCUT2D eigenvalue weighted by atomic mass is 16.1. The SMILES string of the molecule is CN1CC2CC(c3ccc4c(n3)n(C)c(=O)n4CC(C)(C)C)CC2C1. The van der Waals surface area contributed by atoms with Crippen LogP contribution in [-0.2, 0) is 13.6 Å². The van der Waals surface area contributed by atoms with Crippen LogP contribution in [0.1, 0.15) is 45.2 Å². The van der Waals surface area contributed by atoms with Gasteiger partial charge in [0.15, 0.2) is 5.65 Å². The number of pyridine rings is 1. The summed E-state index contributed by atoms with van der Waals surface area (Å²) in [5, 5.41) is 0. The van der Waals surface area contributed by atoms with Crippen LogP contribution in [0.15, 0.2) is 16.9 Å². The molecule has 0 aromatic carbocycles. The number of aryl methyl sites for hydroxylation is 1. The van der Waals surface area contributed by atoms with Gasteiger partial charge in [-0.15, -0.1) is 0 Å². The van der Waals surface area contributed by atoms with Crippen LogP contribution in [0.5, 0.6) is 0 Å². The molecule has 2 unspecified atom stereocenters. The number of likely N-dealkylation sites (tertiary alicyclic amines) is 1. The lowest BCUT2D eigenvalue weighted by Crippen LogP contribution is -2.27.